The van der Waals surface area contributed by atoms with Gasteiger partial charge in [-0.1, -0.05) is 17.3 Å². The first-order valence-corrected chi connectivity index (χ1v) is 14.3. The van der Waals surface area contributed by atoms with Crippen LogP contribution in [0.3, 0.4) is 0 Å². The topological polar surface area (TPSA) is 100 Å². The van der Waals surface area contributed by atoms with Gasteiger partial charge in [0.15, 0.2) is 0 Å². The summed E-state index contributed by atoms with van der Waals surface area (Å²) in [6, 6.07) is 7.33. The summed E-state index contributed by atoms with van der Waals surface area (Å²) in [6.45, 7) is 12.1. The molecule has 3 aromatic heterocycles. The molecule has 10 nitrogen and oxygen atoms in total. The Balaban J connectivity index is 1.34. The van der Waals surface area contributed by atoms with E-state index in [1.54, 1.807) is 29.5 Å². The lowest BCUT2D eigenvalue weighted by Crippen LogP contribution is -2.53. The van der Waals surface area contributed by atoms with Gasteiger partial charge in [-0.3, -0.25) is 4.79 Å². The highest BCUT2D eigenvalue weighted by Gasteiger charge is 2.41. The normalized spacial score (nSPS) is 16.7. The summed E-state index contributed by atoms with van der Waals surface area (Å²) in [6.07, 6.45) is -1.44. The fourth-order valence-electron chi connectivity index (χ4n) is 5.48. The van der Waals surface area contributed by atoms with Gasteiger partial charge in [0.05, 0.1) is 17.9 Å². The molecule has 1 fully saturated rings. The molecule has 1 aliphatic heterocycles. The van der Waals surface area contributed by atoms with Crippen LogP contribution in [0.15, 0.2) is 36.5 Å². The standard InChI is InChI=1S/C31H36F3N7O3/c1-18-13-19(2)20(3)24(14-18)44-29-27(21(4)37-39(29)7)28(42)40-16-23(11-12-30(40,5)6)41-15-22(36-38-41)17-43-26-10-8-9-25(35-26)31(32,33)34/h8-10,13-15,23H,11-12,16-17H2,1-7H3. The Morgan fingerprint density at radius 1 is 1.14 bits per heavy atom. The number of hydrogen-bond acceptors (Lipinski definition) is 7. The van der Waals surface area contributed by atoms with Crippen LogP contribution in [0.2, 0.25) is 0 Å². The van der Waals surface area contributed by atoms with Crippen molar-refractivity contribution in [2.45, 2.75) is 78.7 Å². The maximum absolute atomic E-state index is 14.3. The van der Waals surface area contributed by atoms with Crippen LogP contribution in [0.1, 0.15) is 76.9 Å². The number of benzene rings is 1. The van der Waals surface area contributed by atoms with E-state index in [0.717, 1.165) is 29.2 Å². The summed E-state index contributed by atoms with van der Waals surface area (Å²) in [5.74, 6) is 0.697. The van der Waals surface area contributed by atoms with Crippen molar-refractivity contribution in [1.82, 2.24) is 34.7 Å². The Labute approximate surface area is 253 Å². The van der Waals surface area contributed by atoms with Crippen molar-refractivity contribution in [3.8, 4) is 17.5 Å². The van der Waals surface area contributed by atoms with Crippen LogP contribution in [0.5, 0.6) is 17.5 Å². The Bertz CT molecular complexity index is 1690. The third kappa shape index (κ3) is 6.27. The fourth-order valence-corrected chi connectivity index (χ4v) is 5.48. The van der Waals surface area contributed by atoms with Crippen LogP contribution >= 0.6 is 0 Å². The van der Waals surface area contributed by atoms with E-state index in [0.29, 0.717) is 41.5 Å². The van der Waals surface area contributed by atoms with E-state index in [-0.39, 0.29) is 24.4 Å². The molecule has 44 heavy (non-hydrogen) atoms. The van der Waals surface area contributed by atoms with Crippen molar-refractivity contribution in [3.63, 3.8) is 0 Å². The minimum Gasteiger partial charge on any atom is -0.471 e. The van der Waals surface area contributed by atoms with Gasteiger partial charge >= 0.3 is 6.18 Å². The number of aromatic nitrogens is 6. The highest BCUT2D eigenvalue weighted by atomic mass is 19.4. The predicted octanol–water partition coefficient (Wildman–Crippen LogP) is 6.29. The van der Waals surface area contributed by atoms with Crippen LogP contribution in [0.4, 0.5) is 13.2 Å². The smallest absolute Gasteiger partial charge is 0.433 e. The van der Waals surface area contributed by atoms with Gasteiger partial charge in [0, 0.05) is 25.2 Å². The molecular weight excluding hydrogens is 575 g/mol. The molecule has 234 valence electrons. The zero-order chi connectivity index (χ0) is 32.0. The van der Waals surface area contributed by atoms with E-state index in [4.69, 9.17) is 9.47 Å². The maximum atomic E-state index is 14.3. The van der Waals surface area contributed by atoms with Crippen molar-refractivity contribution in [3.05, 3.63) is 75.9 Å². The van der Waals surface area contributed by atoms with Gasteiger partial charge in [-0.25, -0.2) is 14.3 Å². The highest BCUT2D eigenvalue weighted by molar-refractivity contribution is 5.98. The molecule has 0 radical (unpaired) electrons. The van der Waals surface area contributed by atoms with E-state index in [2.05, 4.69) is 26.5 Å². The van der Waals surface area contributed by atoms with Gasteiger partial charge in [0.25, 0.3) is 5.91 Å². The lowest BCUT2D eigenvalue weighted by Gasteiger charge is -2.45. The molecule has 1 aromatic carbocycles. The number of nitrogens with zero attached hydrogens (tertiary/aromatic N) is 7. The highest BCUT2D eigenvalue weighted by Crippen LogP contribution is 2.38. The second-order valence-corrected chi connectivity index (χ2v) is 12.0. The Morgan fingerprint density at radius 2 is 1.89 bits per heavy atom. The largest absolute Gasteiger partial charge is 0.471 e. The van der Waals surface area contributed by atoms with E-state index in [9.17, 15) is 18.0 Å². The Hall–Kier alpha value is -4.42. The average molecular weight is 612 g/mol. The number of ether oxygens (including phenoxy) is 2. The zero-order valence-electron chi connectivity index (χ0n) is 25.9. The number of alkyl halides is 3. The van der Waals surface area contributed by atoms with E-state index in [1.165, 1.54) is 12.1 Å². The molecule has 13 heteroatoms. The average Bonchev–Trinajstić information content (AvgIpc) is 3.53. The maximum Gasteiger partial charge on any atom is 0.433 e. The molecule has 5 rings (SSSR count). The van der Waals surface area contributed by atoms with Crippen LogP contribution in [-0.2, 0) is 19.8 Å². The second kappa shape index (κ2) is 11.6. The first kappa shape index (κ1) is 31.0. The third-order valence-electron chi connectivity index (χ3n) is 8.13. The molecule has 4 aromatic rings. The minimum absolute atomic E-state index is 0.109. The van der Waals surface area contributed by atoms with E-state index in [1.807, 2.05) is 45.6 Å². The van der Waals surface area contributed by atoms with Crippen LogP contribution < -0.4 is 9.47 Å². The Morgan fingerprint density at radius 3 is 2.61 bits per heavy atom. The molecule has 0 bridgehead atoms. The fraction of sp³-hybridized carbons (Fsp3) is 0.452. The van der Waals surface area contributed by atoms with Crippen LogP contribution in [0.25, 0.3) is 0 Å². The number of hydrogen-bond donors (Lipinski definition) is 0. The van der Waals surface area contributed by atoms with Crippen molar-refractivity contribution in [2.75, 3.05) is 6.54 Å². The summed E-state index contributed by atoms with van der Waals surface area (Å²) >= 11 is 0. The number of pyridine rings is 1. The monoisotopic (exact) mass is 611 g/mol. The van der Waals surface area contributed by atoms with Crippen molar-refractivity contribution >= 4 is 5.91 Å². The summed E-state index contributed by atoms with van der Waals surface area (Å²) < 4.78 is 54.1. The van der Waals surface area contributed by atoms with Crippen LogP contribution in [0, 0.1) is 27.7 Å². The minimum atomic E-state index is -4.57. The van der Waals surface area contributed by atoms with Gasteiger partial charge in [-0.15, -0.1) is 5.10 Å². The first-order chi connectivity index (χ1) is 20.6. The first-order valence-electron chi connectivity index (χ1n) is 14.3. The molecule has 1 amide bonds. The van der Waals surface area contributed by atoms with Gasteiger partial charge in [0.1, 0.15) is 29.3 Å². The number of likely N-dealkylation sites (tertiary alicyclic amines) is 1. The number of rotatable bonds is 7. The van der Waals surface area contributed by atoms with Gasteiger partial charge < -0.3 is 14.4 Å². The molecule has 1 aliphatic rings. The summed E-state index contributed by atoms with van der Waals surface area (Å²) in [7, 11) is 1.76. The zero-order valence-corrected chi connectivity index (χ0v) is 25.9. The van der Waals surface area contributed by atoms with Crippen molar-refractivity contribution in [2.24, 2.45) is 7.05 Å². The molecular formula is C31H36F3N7O3. The number of piperidine rings is 1. The molecule has 1 unspecified atom stereocenters. The molecule has 1 atom stereocenters. The number of aryl methyl sites for hydroxylation is 4. The molecule has 0 aliphatic carbocycles. The number of carbonyl (C=O) groups is 1. The van der Waals surface area contributed by atoms with Crippen molar-refractivity contribution < 1.29 is 27.4 Å². The summed E-state index contributed by atoms with van der Waals surface area (Å²) in [5.41, 5.74) is 3.04. The van der Waals surface area contributed by atoms with Gasteiger partial charge in [-0.05, 0) is 83.2 Å². The molecule has 0 spiro atoms. The number of halogens is 3. The molecule has 0 saturated carbocycles. The second-order valence-electron chi connectivity index (χ2n) is 12.0. The van der Waals surface area contributed by atoms with Crippen molar-refractivity contribution in [1.29, 1.82) is 0 Å². The quantitative estimate of drug-likeness (QED) is 0.242. The lowest BCUT2D eigenvalue weighted by atomic mass is 9.87. The number of amides is 1. The number of carbonyl (C=O) groups excluding carboxylic acids is 1. The molecule has 1 saturated heterocycles. The summed E-state index contributed by atoms with van der Waals surface area (Å²) in [4.78, 5) is 19.6. The lowest BCUT2D eigenvalue weighted by molar-refractivity contribution is -0.141. The van der Waals surface area contributed by atoms with E-state index < -0.39 is 17.4 Å². The predicted molar refractivity (Wildman–Crippen MR) is 156 cm³/mol. The summed E-state index contributed by atoms with van der Waals surface area (Å²) in [5, 5.41) is 12.9. The Kier molecular flexibility index (Phi) is 8.17. The van der Waals surface area contributed by atoms with Gasteiger partial charge in [-0.2, -0.15) is 18.3 Å². The third-order valence-corrected chi connectivity index (χ3v) is 8.13. The molecule has 0 N–H and O–H groups in total. The van der Waals surface area contributed by atoms with E-state index >= 15 is 0 Å². The van der Waals surface area contributed by atoms with Crippen LogP contribution in [-0.4, -0.2) is 52.6 Å². The molecule has 4 heterocycles. The van der Waals surface area contributed by atoms with Gasteiger partial charge in [0.2, 0.25) is 11.8 Å². The SMILES string of the molecule is Cc1cc(C)c(C)c(Oc2c(C(=O)N3CC(n4cc(COc5cccc(C(F)(F)F)n5)nn4)CCC3(C)C)c(C)nn2C)c1.